The van der Waals surface area contributed by atoms with Crippen molar-refractivity contribution in [3.63, 3.8) is 0 Å². The number of hydrogen-bond acceptors (Lipinski definition) is 8. The van der Waals surface area contributed by atoms with E-state index in [2.05, 4.69) is 89.2 Å². The summed E-state index contributed by atoms with van der Waals surface area (Å²) in [5.74, 6) is 0.698. The number of nitrogens with one attached hydrogen (secondary N) is 1. The van der Waals surface area contributed by atoms with Gasteiger partial charge < -0.3 is 9.88 Å². The van der Waals surface area contributed by atoms with Gasteiger partial charge in [0.05, 0.1) is 15.8 Å². The third kappa shape index (κ3) is 4.61. The van der Waals surface area contributed by atoms with Crippen molar-refractivity contribution in [2.75, 3.05) is 31.1 Å². The average molecular weight is 543 g/mol. The van der Waals surface area contributed by atoms with Gasteiger partial charge in [-0.15, -0.1) is 5.10 Å². The lowest BCUT2D eigenvalue weighted by Crippen LogP contribution is -2.49. The van der Waals surface area contributed by atoms with Crippen LogP contribution in [0.4, 0.5) is 5.13 Å². The first kappa shape index (κ1) is 25.6. The normalized spacial score (nSPS) is 15.9. The molecular formula is C29H34N8OS. The molecule has 10 heteroatoms. The predicted molar refractivity (Wildman–Crippen MR) is 157 cm³/mol. The van der Waals surface area contributed by atoms with Crippen LogP contribution in [0.3, 0.4) is 0 Å². The van der Waals surface area contributed by atoms with E-state index >= 15 is 0 Å². The molecule has 5 aromatic rings. The first-order valence-electron chi connectivity index (χ1n) is 13.5. The molecule has 2 aromatic carbocycles. The van der Waals surface area contributed by atoms with Crippen LogP contribution >= 0.6 is 11.3 Å². The lowest BCUT2D eigenvalue weighted by atomic mass is 9.98. The number of thiazole rings is 1. The molecule has 3 aromatic heterocycles. The predicted octanol–water partition coefficient (Wildman–Crippen LogP) is 4.80. The van der Waals surface area contributed by atoms with Crippen molar-refractivity contribution in [3.05, 3.63) is 75.3 Å². The van der Waals surface area contributed by atoms with E-state index in [0.29, 0.717) is 11.4 Å². The summed E-state index contributed by atoms with van der Waals surface area (Å²) >= 11 is 1.73. The second-order valence-corrected chi connectivity index (χ2v) is 12.1. The largest absolute Gasteiger partial charge is 0.345 e. The summed E-state index contributed by atoms with van der Waals surface area (Å²) < 4.78 is 3.10. The first-order valence-corrected chi connectivity index (χ1v) is 14.3. The van der Waals surface area contributed by atoms with Crippen LogP contribution in [-0.4, -0.2) is 61.3 Å². The fraction of sp³-hybridized carbons (Fsp3) is 0.414. The van der Waals surface area contributed by atoms with E-state index in [1.54, 1.807) is 11.3 Å². The van der Waals surface area contributed by atoms with Crippen LogP contribution < -0.4 is 10.5 Å². The molecule has 0 aliphatic carbocycles. The van der Waals surface area contributed by atoms with E-state index in [1.165, 1.54) is 10.3 Å². The molecular weight excluding hydrogens is 508 g/mol. The minimum atomic E-state index is -0.377. The van der Waals surface area contributed by atoms with Crippen LogP contribution in [0.1, 0.15) is 55.7 Å². The molecule has 39 heavy (non-hydrogen) atoms. The number of aromatic amines is 1. The van der Waals surface area contributed by atoms with Crippen molar-refractivity contribution >= 4 is 37.6 Å². The number of aromatic nitrogens is 6. The Labute approximate surface area is 231 Å². The average Bonchev–Trinajstić information content (AvgIpc) is 3.59. The molecule has 6 rings (SSSR count). The molecule has 0 radical (unpaired) electrons. The zero-order valence-electron chi connectivity index (χ0n) is 23.1. The molecule has 1 aliphatic rings. The highest BCUT2D eigenvalue weighted by Crippen LogP contribution is 2.34. The number of nitrogens with zero attached hydrogens (tertiary/aromatic N) is 7. The number of para-hydroxylation sites is 1. The van der Waals surface area contributed by atoms with E-state index in [4.69, 9.17) is 4.98 Å². The fourth-order valence-corrected chi connectivity index (χ4v) is 6.33. The number of piperazine rings is 1. The summed E-state index contributed by atoms with van der Waals surface area (Å²) in [5.41, 5.74) is 4.50. The minimum absolute atomic E-state index is 0.104. The number of aryl methyl sites for hydroxylation is 2. The third-order valence-corrected chi connectivity index (χ3v) is 9.29. The van der Waals surface area contributed by atoms with Crippen molar-refractivity contribution in [2.24, 2.45) is 0 Å². The summed E-state index contributed by atoms with van der Waals surface area (Å²) in [4.78, 5) is 26.3. The van der Waals surface area contributed by atoms with Crippen LogP contribution in [0.15, 0.2) is 47.3 Å². The van der Waals surface area contributed by atoms with Gasteiger partial charge in [0.1, 0.15) is 6.04 Å². The number of anilines is 1. The first-order chi connectivity index (χ1) is 18.7. The van der Waals surface area contributed by atoms with E-state index in [1.807, 2.05) is 22.9 Å². The number of H-pyrrole nitrogens is 1. The summed E-state index contributed by atoms with van der Waals surface area (Å²) in [6.45, 7) is 13.7. The summed E-state index contributed by atoms with van der Waals surface area (Å²) in [5, 5.41) is 15.1. The number of rotatable bonds is 6. The lowest BCUT2D eigenvalue weighted by Gasteiger charge is -2.39. The molecule has 1 N–H and O–H groups in total. The molecule has 1 saturated heterocycles. The molecule has 0 spiro atoms. The molecule has 0 amide bonds. The van der Waals surface area contributed by atoms with Gasteiger partial charge in [0, 0.05) is 37.3 Å². The van der Waals surface area contributed by atoms with Gasteiger partial charge in [-0.2, -0.15) is 0 Å². The van der Waals surface area contributed by atoms with Crippen LogP contribution in [-0.2, 0) is 5.54 Å². The quantitative estimate of drug-likeness (QED) is 0.329. The Morgan fingerprint density at radius 2 is 1.79 bits per heavy atom. The minimum Gasteiger partial charge on any atom is -0.345 e. The molecule has 0 saturated carbocycles. The smallest absolute Gasteiger partial charge is 0.253 e. The number of fused-ring (bicyclic) bond motifs is 2. The number of benzene rings is 2. The Kier molecular flexibility index (Phi) is 6.47. The van der Waals surface area contributed by atoms with Gasteiger partial charge in [-0.05, 0) is 91.4 Å². The van der Waals surface area contributed by atoms with E-state index in [9.17, 15) is 4.79 Å². The van der Waals surface area contributed by atoms with Gasteiger partial charge in [0.15, 0.2) is 11.0 Å². The third-order valence-electron chi connectivity index (χ3n) is 8.19. The SMILES string of the molecule is CCC(C)(C)n1nnnc1[C@H](c1cc2cc(C)c(C)cc2[nH]c1=O)N1CCN(c2nc3ccccc3s2)CC1. The summed E-state index contributed by atoms with van der Waals surface area (Å²) in [7, 11) is 0. The maximum Gasteiger partial charge on any atom is 0.253 e. The van der Waals surface area contributed by atoms with Crippen LogP contribution in [0.25, 0.3) is 21.1 Å². The molecule has 1 aliphatic heterocycles. The molecule has 0 unspecified atom stereocenters. The fourth-order valence-electron chi connectivity index (χ4n) is 5.31. The Hall–Kier alpha value is -3.63. The second kappa shape index (κ2) is 9.84. The van der Waals surface area contributed by atoms with Gasteiger partial charge in [-0.1, -0.05) is 30.4 Å². The number of pyridine rings is 1. The molecule has 4 heterocycles. The molecule has 1 atom stereocenters. The Bertz CT molecular complexity index is 1680. The van der Waals surface area contributed by atoms with Gasteiger partial charge in [-0.25, -0.2) is 9.67 Å². The maximum atomic E-state index is 13.6. The topological polar surface area (TPSA) is 95.8 Å². The Balaban J connectivity index is 1.40. The standard InChI is InChI=1S/C29H34N8OS/c1-6-29(4,5)37-26(32-33-34-37)25(21-17-20-15-18(2)19(3)16-23(20)30-27(21)38)35-11-13-36(14-12-35)28-31-22-9-7-8-10-24(22)39-28/h7-10,15-17,25H,6,11-14H2,1-5H3,(H,30,38)/t25-/m0/s1. The zero-order valence-corrected chi connectivity index (χ0v) is 23.9. The summed E-state index contributed by atoms with van der Waals surface area (Å²) in [6.07, 6.45) is 0.857. The van der Waals surface area contributed by atoms with E-state index in [-0.39, 0.29) is 17.1 Å². The van der Waals surface area contributed by atoms with E-state index < -0.39 is 0 Å². The Morgan fingerprint density at radius 1 is 1.05 bits per heavy atom. The van der Waals surface area contributed by atoms with Crippen molar-refractivity contribution in [2.45, 2.75) is 52.6 Å². The van der Waals surface area contributed by atoms with Crippen LogP contribution in [0.2, 0.25) is 0 Å². The highest BCUT2D eigenvalue weighted by Gasteiger charge is 2.36. The Morgan fingerprint density at radius 3 is 2.54 bits per heavy atom. The highest BCUT2D eigenvalue weighted by atomic mass is 32.1. The van der Waals surface area contributed by atoms with Crippen molar-refractivity contribution in [3.8, 4) is 0 Å². The highest BCUT2D eigenvalue weighted by molar-refractivity contribution is 7.22. The molecule has 1 fully saturated rings. The van der Waals surface area contributed by atoms with Crippen molar-refractivity contribution < 1.29 is 0 Å². The number of tetrazole rings is 1. The van der Waals surface area contributed by atoms with Gasteiger partial charge >= 0.3 is 0 Å². The van der Waals surface area contributed by atoms with Crippen molar-refractivity contribution in [1.82, 2.24) is 35.1 Å². The van der Waals surface area contributed by atoms with Gasteiger partial charge in [-0.3, -0.25) is 9.69 Å². The van der Waals surface area contributed by atoms with Gasteiger partial charge in [0.2, 0.25) is 0 Å². The van der Waals surface area contributed by atoms with Crippen molar-refractivity contribution in [1.29, 1.82) is 0 Å². The molecule has 202 valence electrons. The zero-order chi connectivity index (χ0) is 27.3. The van der Waals surface area contributed by atoms with E-state index in [0.717, 1.165) is 59.7 Å². The molecule has 0 bridgehead atoms. The lowest BCUT2D eigenvalue weighted by molar-refractivity contribution is 0.186. The number of hydrogen-bond donors (Lipinski definition) is 1. The summed E-state index contributed by atoms with van der Waals surface area (Å²) in [6, 6.07) is 14.1. The van der Waals surface area contributed by atoms with Gasteiger partial charge in [0.25, 0.3) is 5.56 Å². The van der Waals surface area contributed by atoms with Crippen LogP contribution in [0, 0.1) is 13.8 Å². The van der Waals surface area contributed by atoms with Crippen LogP contribution in [0.5, 0.6) is 0 Å². The molecule has 9 nitrogen and oxygen atoms in total. The maximum absolute atomic E-state index is 13.6. The second-order valence-electron chi connectivity index (χ2n) is 11.1. The monoisotopic (exact) mass is 542 g/mol.